The molecule has 1 atom stereocenters. The zero-order valence-electron chi connectivity index (χ0n) is 6.65. The van der Waals surface area contributed by atoms with Gasteiger partial charge in [-0.05, 0) is 17.9 Å². The predicted molar refractivity (Wildman–Crippen MR) is 47.0 cm³/mol. The van der Waals surface area contributed by atoms with Gasteiger partial charge in [-0.1, -0.05) is 11.6 Å². The third-order valence-electron chi connectivity index (χ3n) is 1.56. The molecule has 0 bridgehead atoms. The van der Waals surface area contributed by atoms with Gasteiger partial charge in [0, 0.05) is 4.88 Å². The topological polar surface area (TPSA) is 26.0 Å². The van der Waals surface area contributed by atoms with E-state index in [-0.39, 0.29) is 9.90 Å². The molecule has 1 nitrogen and oxygen atoms in total. The lowest BCUT2D eigenvalue weighted by Crippen LogP contribution is -2.27. The molecule has 0 aromatic carbocycles. The van der Waals surface area contributed by atoms with Gasteiger partial charge in [-0.3, -0.25) is 0 Å². The Kier molecular flexibility index (Phi) is 2.89. The van der Waals surface area contributed by atoms with E-state index in [9.17, 15) is 13.2 Å². The van der Waals surface area contributed by atoms with Gasteiger partial charge in [0.25, 0.3) is 0 Å². The molecule has 6 heteroatoms. The fourth-order valence-corrected chi connectivity index (χ4v) is 2.14. The summed E-state index contributed by atoms with van der Waals surface area (Å²) in [5.74, 6) is 0. The Bertz CT molecular complexity index is 307. The molecule has 0 saturated heterocycles. The van der Waals surface area contributed by atoms with Crippen LogP contribution in [0.15, 0.2) is 5.38 Å². The highest BCUT2D eigenvalue weighted by Crippen LogP contribution is 2.38. The summed E-state index contributed by atoms with van der Waals surface area (Å²) in [6.45, 7) is 1.64. The maximum absolute atomic E-state index is 12.1. The van der Waals surface area contributed by atoms with Crippen LogP contribution in [-0.2, 0) is 0 Å². The van der Waals surface area contributed by atoms with E-state index in [1.54, 1.807) is 12.3 Å². The number of hydrogen-bond acceptors (Lipinski definition) is 2. The lowest BCUT2D eigenvalue weighted by molar-refractivity contribution is -0.148. The molecule has 74 valence electrons. The van der Waals surface area contributed by atoms with Gasteiger partial charge in [-0.25, -0.2) is 0 Å². The summed E-state index contributed by atoms with van der Waals surface area (Å²) in [7, 11) is 0. The van der Waals surface area contributed by atoms with E-state index in [4.69, 9.17) is 17.3 Å². The first kappa shape index (κ1) is 10.8. The zero-order chi connectivity index (χ0) is 10.2. The molecule has 0 spiro atoms. The second-order valence-corrected chi connectivity index (χ2v) is 3.91. The first-order valence-corrected chi connectivity index (χ1v) is 4.65. The van der Waals surface area contributed by atoms with E-state index >= 15 is 0 Å². The Morgan fingerprint density at radius 3 is 2.38 bits per heavy atom. The van der Waals surface area contributed by atoms with Crippen LogP contribution in [0.2, 0.25) is 5.02 Å². The van der Waals surface area contributed by atoms with Gasteiger partial charge < -0.3 is 5.73 Å². The van der Waals surface area contributed by atoms with Gasteiger partial charge in [-0.2, -0.15) is 13.2 Å². The first-order chi connectivity index (χ1) is 5.84. The average Bonchev–Trinajstić information content (AvgIpc) is 2.30. The number of halogens is 4. The van der Waals surface area contributed by atoms with Gasteiger partial charge in [0.15, 0.2) is 0 Å². The van der Waals surface area contributed by atoms with Crippen LogP contribution in [0.1, 0.15) is 16.5 Å². The lowest BCUT2D eigenvalue weighted by atomic mass is 10.2. The van der Waals surface area contributed by atoms with Crippen molar-refractivity contribution in [2.75, 3.05) is 0 Å². The molecule has 0 aliphatic carbocycles. The molecule has 2 N–H and O–H groups in total. The minimum Gasteiger partial charge on any atom is -0.316 e. The number of thiophene rings is 1. The van der Waals surface area contributed by atoms with Crippen LogP contribution in [-0.4, -0.2) is 6.18 Å². The summed E-state index contributed by atoms with van der Waals surface area (Å²) in [6.07, 6.45) is -4.43. The summed E-state index contributed by atoms with van der Waals surface area (Å²) < 4.78 is 36.4. The number of hydrogen-bond donors (Lipinski definition) is 1. The van der Waals surface area contributed by atoms with E-state index < -0.39 is 12.2 Å². The van der Waals surface area contributed by atoms with E-state index in [1.807, 2.05) is 0 Å². The van der Waals surface area contributed by atoms with Crippen molar-refractivity contribution in [3.8, 4) is 0 Å². The Morgan fingerprint density at radius 2 is 2.08 bits per heavy atom. The van der Waals surface area contributed by atoms with Crippen molar-refractivity contribution >= 4 is 22.9 Å². The van der Waals surface area contributed by atoms with Crippen molar-refractivity contribution in [2.45, 2.75) is 19.1 Å². The van der Waals surface area contributed by atoms with E-state index in [2.05, 4.69) is 0 Å². The lowest BCUT2D eigenvalue weighted by Gasteiger charge is -2.14. The third kappa shape index (κ3) is 2.15. The summed E-state index contributed by atoms with van der Waals surface area (Å²) in [5.41, 5.74) is 5.61. The van der Waals surface area contributed by atoms with Crippen LogP contribution in [0.4, 0.5) is 13.2 Å². The molecule has 0 fully saturated rings. The molecule has 1 rings (SSSR count). The van der Waals surface area contributed by atoms with Crippen molar-refractivity contribution in [1.82, 2.24) is 0 Å². The first-order valence-electron chi connectivity index (χ1n) is 3.40. The van der Waals surface area contributed by atoms with E-state index in [1.165, 1.54) is 0 Å². The van der Waals surface area contributed by atoms with Gasteiger partial charge in [0.05, 0.1) is 5.02 Å². The third-order valence-corrected chi connectivity index (χ3v) is 3.36. The summed E-state index contributed by atoms with van der Waals surface area (Å²) in [4.78, 5) is -0.0216. The summed E-state index contributed by atoms with van der Waals surface area (Å²) >= 11 is 6.57. The molecular formula is C7H7ClF3NS. The Hall–Kier alpha value is -0.260. The smallest absolute Gasteiger partial charge is 0.316 e. The van der Waals surface area contributed by atoms with Crippen molar-refractivity contribution in [2.24, 2.45) is 5.73 Å². The molecule has 0 aliphatic rings. The van der Waals surface area contributed by atoms with Crippen LogP contribution in [0.3, 0.4) is 0 Å². The maximum atomic E-state index is 12.1. The minimum absolute atomic E-state index is 0.0216. The molecule has 0 saturated carbocycles. The predicted octanol–water partition coefficient (Wildman–Crippen LogP) is 3.27. The maximum Gasteiger partial charge on any atom is 0.408 e. The summed E-state index contributed by atoms with van der Waals surface area (Å²) in [6, 6.07) is -1.97. The number of rotatable bonds is 1. The molecule has 0 aliphatic heterocycles. The number of aryl methyl sites for hydroxylation is 1. The van der Waals surface area contributed by atoms with Crippen LogP contribution >= 0.6 is 22.9 Å². The summed E-state index contributed by atoms with van der Waals surface area (Å²) in [5, 5.41) is 1.68. The highest BCUT2D eigenvalue weighted by atomic mass is 35.5. The largest absolute Gasteiger partial charge is 0.408 e. The van der Waals surface area contributed by atoms with Crippen molar-refractivity contribution in [3.63, 3.8) is 0 Å². The molecule has 1 aromatic rings. The average molecular weight is 230 g/mol. The fraction of sp³-hybridized carbons (Fsp3) is 0.429. The van der Waals surface area contributed by atoms with Gasteiger partial charge in [-0.15, -0.1) is 11.3 Å². The second-order valence-electron chi connectivity index (χ2n) is 2.62. The molecule has 1 unspecified atom stereocenters. The van der Waals surface area contributed by atoms with Crippen molar-refractivity contribution in [3.05, 3.63) is 20.8 Å². The Labute approximate surface area is 82.3 Å². The van der Waals surface area contributed by atoms with Gasteiger partial charge >= 0.3 is 6.18 Å². The Morgan fingerprint density at radius 1 is 1.54 bits per heavy atom. The monoisotopic (exact) mass is 229 g/mol. The number of nitrogens with two attached hydrogens (primary N) is 1. The van der Waals surface area contributed by atoms with Crippen LogP contribution in [0.25, 0.3) is 0 Å². The van der Waals surface area contributed by atoms with Gasteiger partial charge in [0.1, 0.15) is 6.04 Å². The highest BCUT2D eigenvalue weighted by Gasteiger charge is 2.39. The van der Waals surface area contributed by atoms with E-state index in [0.29, 0.717) is 5.56 Å². The van der Waals surface area contributed by atoms with Crippen molar-refractivity contribution in [1.29, 1.82) is 0 Å². The minimum atomic E-state index is -4.43. The van der Waals surface area contributed by atoms with Crippen molar-refractivity contribution < 1.29 is 13.2 Å². The van der Waals surface area contributed by atoms with E-state index in [0.717, 1.165) is 11.3 Å². The molecule has 0 radical (unpaired) electrons. The molecular weight excluding hydrogens is 223 g/mol. The SMILES string of the molecule is Cc1csc(C(N)C(F)(F)F)c1Cl. The molecule has 13 heavy (non-hydrogen) atoms. The fourth-order valence-electron chi connectivity index (χ4n) is 0.808. The number of alkyl halides is 3. The zero-order valence-corrected chi connectivity index (χ0v) is 8.22. The van der Waals surface area contributed by atoms with Gasteiger partial charge in [0.2, 0.25) is 0 Å². The second kappa shape index (κ2) is 3.48. The quantitative estimate of drug-likeness (QED) is 0.786. The molecule has 1 heterocycles. The van der Waals surface area contributed by atoms with Crippen LogP contribution < -0.4 is 5.73 Å². The normalized spacial score (nSPS) is 14.6. The standard InChI is InChI=1S/C7H7ClF3NS/c1-3-2-13-5(4(3)8)6(12)7(9,10)11/h2,6H,12H2,1H3. The Balaban J connectivity index is 3.02. The molecule has 0 amide bonds. The highest BCUT2D eigenvalue weighted by molar-refractivity contribution is 7.10. The van der Waals surface area contributed by atoms with Crippen LogP contribution in [0.5, 0.6) is 0 Å². The molecule has 1 aromatic heterocycles. The van der Waals surface area contributed by atoms with Crippen LogP contribution in [0, 0.1) is 6.92 Å².